The largest absolute Gasteiger partial charge is 0.489 e. The molecule has 0 aliphatic heterocycles. The number of nitrogens with one attached hydrogen (secondary N) is 1. The number of allylic oxidation sites excluding steroid dienone is 4. The first kappa shape index (κ1) is 34.3. The molecular weight excluding hydrogens is 625 g/mol. The minimum absolute atomic E-state index is 0.159. The molecule has 1 aliphatic carbocycles. The summed E-state index contributed by atoms with van der Waals surface area (Å²) in [5.41, 5.74) is 7.50. The van der Waals surface area contributed by atoms with Crippen LogP contribution in [0.4, 0.5) is 4.39 Å². The second-order valence-corrected chi connectivity index (χ2v) is 12.2. The number of nitrogens with zero attached hydrogens (tertiary/aromatic N) is 2. The Kier molecular flexibility index (Phi) is 11.6. The SMILES string of the molecule is C=C/C=C\C(=C/C)CC(NCc1cc(Cl)c(C[C@H]2CCc3c(-c4ccccc4F)cccc32)cc1OCc1cncc(C#N)c1)C(=O)O. The average molecular weight is 662 g/mol. The molecule has 2 N–H and O–H groups in total. The molecule has 0 amide bonds. The first-order valence-corrected chi connectivity index (χ1v) is 16.2. The Hall–Kier alpha value is -5.03. The summed E-state index contributed by atoms with van der Waals surface area (Å²) in [5, 5.41) is 23.0. The van der Waals surface area contributed by atoms with Crippen LogP contribution in [0.25, 0.3) is 11.1 Å². The number of carboxylic acids is 1. The third-order valence-electron chi connectivity index (χ3n) is 8.67. The fourth-order valence-corrected chi connectivity index (χ4v) is 6.46. The average Bonchev–Trinajstić information content (AvgIpc) is 3.51. The van der Waals surface area contributed by atoms with Crippen molar-refractivity contribution in [3.05, 3.63) is 154 Å². The Morgan fingerprint density at radius 1 is 1.19 bits per heavy atom. The number of pyridine rings is 1. The topological polar surface area (TPSA) is 95.2 Å². The van der Waals surface area contributed by atoms with Gasteiger partial charge in [0, 0.05) is 40.7 Å². The number of carboxylic acid groups (broad SMARTS) is 1. The van der Waals surface area contributed by atoms with Crippen LogP contribution in [0.1, 0.15) is 59.1 Å². The second-order valence-electron chi connectivity index (χ2n) is 11.8. The number of hydrogen-bond acceptors (Lipinski definition) is 5. The van der Waals surface area contributed by atoms with Crippen LogP contribution in [0, 0.1) is 17.1 Å². The standard InChI is InChI=1S/C40H37ClFN3O3/c1-3-5-9-26(4-2)17-38(40(46)47)45-24-31-19-36(41)30(20-39(31)48-25-28-16-27(21-43)22-44-23-28)18-29-14-15-34-32(29)11-8-12-33(34)35-10-6-7-13-37(35)42/h3-13,16,19-20,22-23,29,38,45H,1,14-15,17-18,24-25H2,2H3,(H,46,47)/b9-5-,26-4+/t29-,38?/m1/s1. The third kappa shape index (κ3) is 8.27. The number of aromatic nitrogens is 1. The highest BCUT2D eigenvalue weighted by Gasteiger charge is 2.27. The highest BCUT2D eigenvalue weighted by atomic mass is 35.5. The molecule has 2 atom stereocenters. The van der Waals surface area contributed by atoms with Crippen molar-refractivity contribution in [3.63, 3.8) is 0 Å². The summed E-state index contributed by atoms with van der Waals surface area (Å²) >= 11 is 6.93. The zero-order valence-corrected chi connectivity index (χ0v) is 27.5. The summed E-state index contributed by atoms with van der Waals surface area (Å²) in [7, 11) is 0. The maximum absolute atomic E-state index is 14.7. The molecule has 0 bridgehead atoms. The molecule has 4 aromatic rings. The van der Waals surface area contributed by atoms with Gasteiger partial charge in [0.05, 0.1) is 5.56 Å². The van der Waals surface area contributed by atoms with Crippen LogP contribution in [0.3, 0.4) is 0 Å². The highest BCUT2D eigenvalue weighted by Crippen LogP contribution is 2.42. The van der Waals surface area contributed by atoms with Gasteiger partial charge < -0.3 is 9.84 Å². The van der Waals surface area contributed by atoms with E-state index in [1.54, 1.807) is 30.5 Å². The van der Waals surface area contributed by atoms with Gasteiger partial charge in [0.15, 0.2) is 0 Å². The molecule has 0 radical (unpaired) electrons. The van der Waals surface area contributed by atoms with Crippen LogP contribution in [0.2, 0.25) is 5.02 Å². The zero-order valence-electron chi connectivity index (χ0n) is 26.8. The molecule has 0 saturated heterocycles. The van der Waals surface area contributed by atoms with Gasteiger partial charge in [-0.25, -0.2) is 4.39 Å². The molecule has 3 aromatic carbocycles. The van der Waals surface area contributed by atoms with E-state index in [1.807, 2.05) is 55.5 Å². The van der Waals surface area contributed by atoms with Crippen LogP contribution in [-0.2, 0) is 30.8 Å². The van der Waals surface area contributed by atoms with Crippen molar-refractivity contribution in [1.29, 1.82) is 5.26 Å². The van der Waals surface area contributed by atoms with Crippen molar-refractivity contribution in [2.45, 2.75) is 57.7 Å². The number of hydrogen-bond donors (Lipinski definition) is 2. The molecule has 5 rings (SSSR count). The number of halogens is 2. The fourth-order valence-electron chi connectivity index (χ4n) is 6.19. The van der Waals surface area contributed by atoms with Gasteiger partial charge in [-0.3, -0.25) is 15.1 Å². The predicted molar refractivity (Wildman–Crippen MR) is 187 cm³/mol. The van der Waals surface area contributed by atoms with Gasteiger partial charge in [0.2, 0.25) is 0 Å². The number of carbonyl (C=O) groups is 1. The Morgan fingerprint density at radius 2 is 2.00 bits per heavy atom. The van der Waals surface area contributed by atoms with Gasteiger partial charge in [-0.1, -0.05) is 84.5 Å². The normalized spacial score (nSPS) is 14.8. The number of rotatable bonds is 14. The lowest BCUT2D eigenvalue weighted by Crippen LogP contribution is -2.36. The maximum Gasteiger partial charge on any atom is 0.321 e. The van der Waals surface area contributed by atoms with Crippen molar-refractivity contribution in [1.82, 2.24) is 10.3 Å². The summed E-state index contributed by atoms with van der Waals surface area (Å²) in [6.07, 6.45) is 12.9. The van der Waals surface area contributed by atoms with Crippen molar-refractivity contribution in [3.8, 4) is 22.9 Å². The molecule has 0 saturated carbocycles. The fraction of sp³-hybridized carbons (Fsp3) is 0.225. The maximum atomic E-state index is 14.7. The molecule has 1 unspecified atom stereocenters. The Morgan fingerprint density at radius 3 is 2.75 bits per heavy atom. The minimum atomic E-state index is -0.972. The number of nitriles is 1. The third-order valence-corrected chi connectivity index (χ3v) is 9.02. The summed E-state index contributed by atoms with van der Waals surface area (Å²) in [4.78, 5) is 16.3. The second kappa shape index (κ2) is 16.2. The van der Waals surface area contributed by atoms with Crippen molar-refractivity contribution in [2.75, 3.05) is 0 Å². The van der Waals surface area contributed by atoms with E-state index in [9.17, 15) is 19.6 Å². The number of fused-ring (bicyclic) bond motifs is 1. The van der Waals surface area contributed by atoms with Gasteiger partial charge in [0.1, 0.15) is 30.3 Å². The minimum Gasteiger partial charge on any atom is -0.489 e. The lowest BCUT2D eigenvalue weighted by molar-refractivity contribution is -0.139. The van der Waals surface area contributed by atoms with E-state index in [2.05, 4.69) is 29.0 Å². The Labute approximate surface area is 285 Å². The van der Waals surface area contributed by atoms with E-state index in [4.69, 9.17) is 16.3 Å². The molecule has 0 spiro atoms. The van der Waals surface area contributed by atoms with Crippen molar-refractivity contribution >= 4 is 17.6 Å². The molecule has 8 heteroatoms. The van der Waals surface area contributed by atoms with Gasteiger partial charge >= 0.3 is 5.97 Å². The molecule has 6 nitrogen and oxygen atoms in total. The van der Waals surface area contributed by atoms with Gasteiger partial charge in [-0.2, -0.15) is 5.26 Å². The number of benzene rings is 3. The molecule has 48 heavy (non-hydrogen) atoms. The number of aliphatic carboxylic acids is 1. The quantitative estimate of drug-likeness (QED) is 0.131. The van der Waals surface area contributed by atoms with Gasteiger partial charge in [-0.05, 0) is 85.0 Å². The van der Waals surface area contributed by atoms with E-state index in [-0.39, 0.29) is 31.3 Å². The van der Waals surface area contributed by atoms with E-state index >= 15 is 0 Å². The van der Waals surface area contributed by atoms with Crippen LogP contribution >= 0.6 is 11.6 Å². The summed E-state index contributed by atoms with van der Waals surface area (Å²) in [5.74, 6) is -0.471. The molecule has 1 heterocycles. The Bertz CT molecular complexity index is 1910. The molecule has 0 fully saturated rings. The van der Waals surface area contributed by atoms with Crippen LogP contribution in [0.5, 0.6) is 5.75 Å². The lowest BCUT2D eigenvalue weighted by atomic mass is 9.90. The zero-order chi connectivity index (χ0) is 34.0. The highest BCUT2D eigenvalue weighted by molar-refractivity contribution is 6.31. The summed E-state index contributed by atoms with van der Waals surface area (Å²) in [6, 6.07) is 19.7. The summed E-state index contributed by atoms with van der Waals surface area (Å²) < 4.78 is 21.1. The molecular formula is C40H37ClFN3O3. The number of ether oxygens (including phenoxy) is 1. The summed E-state index contributed by atoms with van der Waals surface area (Å²) in [6.45, 7) is 5.91. The van der Waals surface area contributed by atoms with Gasteiger partial charge in [-0.15, -0.1) is 0 Å². The van der Waals surface area contributed by atoms with Crippen molar-refractivity contribution < 1.29 is 19.0 Å². The van der Waals surface area contributed by atoms with E-state index in [0.29, 0.717) is 33.9 Å². The monoisotopic (exact) mass is 661 g/mol. The first-order valence-electron chi connectivity index (χ1n) is 15.9. The lowest BCUT2D eigenvalue weighted by Gasteiger charge is -2.20. The Balaban J connectivity index is 1.42. The first-order chi connectivity index (χ1) is 23.3. The molecule has 1 aromatic heterocycles. The molecule has 1 aliphatic rings. The van der Waals surface area contributed by atoms with E-state index < -0.39 is 12.0 Å². The van der Waals surface area contributed by atoms with Crippen LogP contribution in [-0.4, -0.2) is 22.1 Å². The predicted octanol–water partition coefficient (Wildman–Crippen LogP) is 8.89. The van der Waals surface area contributed by atoms with E-state index in [0.717, 1.165) is 40.7 Å². The van der Waals surface area contributed by atoms with Crippen LogP contribution in [0.15, 0.2) is 110 Å². The van der Waals surface area contributed by atoms with Crippen molar-refractivity contribution in [2.24, 2.45) is 0 Å². The smallest absolute Gasteiger partial charge is 0.321 e. The molecule has 244 valence electrons. The van der Waals surface area contributed by atoms with Crippen LogP contribution < -0.4 is 10.1 Å². The van der Waals surface area contributed by atoms with E-state index in [1.165, 1.54) is 17.8 Å². The van der Waals surface area contributed by atoms with Gasteiger partial charge in [0.25, 0.3) is 0 Å².